The molecule has 0 fully saturated rings. The van der Waals surface area contributed by atoms with E-state index in [2.05, 4.69) is 5.32 Å². The summed E-state index contributed by atoms with van der Waals surface area (Å²) in [6.07, 6.45) is 4.59. The van der Waals surface area contributed by atoms with Crippen LogP contribution >= 0.6 is 0 Å². The topological polar surface area (TPSA) is 60.7 Å². The Kier molecular flexibility index (Phi) is 5.04. The van der Waals surface area contributed by atoms with E-state index in [1.165, 1.54) is 6.08 Å². The van der Waals surface area contributed by atoms with Gasteiger partial charge in [-0.25, -0.2) is 0 Å². The monoisotopic (exact) mass is 287 g/mol. The van der Waals surface area contributed by atoms with Gasteiger partial charge in [-0.1, -0.05) is 0 Å². The molecule has 1 aromatic heterocycles. The number of carbonyl (C=O) groups is 1. The molecule has 0 aliphatic heterocycles. The van der Waals surface area contributed by atoms with Gasteiger partial charge in [0.25, 0.3) is 0 Å². The molecule has 0 radical (unpaired) electrons. The third-order valence-electron chi connectivity index (χ3n) is 2.89. The number of amides is 1. The predicted molar refractivity (Wildman–Crippen MR) is 79.1 cm³/mol. The number of nitrogens with one attached hydrogen (secondary N) is 1. The molecule has 0 atom stereocenters. The van der Waals surface area contributed by atoms with E-state index in [0.717, 1.165) is 5.56 Å². The standard InChI is InChI=1S/C16H17NO4/c1-19-14-6-5-12(15(10-14)20-2)11-17-16(18)8-7-13-4-3-9-21-13/h3-10H,11H2,1-2H3,(H,17,18)/b8-7+. The number of rotatable bonds is 6. The lowest BCUT2D eigenvalue weighted by Gasteiger charge is -2.10. The Morgan fingerprint density at radius 3 is 2.81 bits per heavy atom. The van der Waals surface area contributed by atoms with Crippen molar-refractivity contribution < 1.29 is 18.7 Å². The van der Waals surface area contributed by atoms with Gasteiger partial charge in [-0.3, -0.25) is 4.79 Å². The van der Waals surface area contributed by atoms with Crippen molar-refractivity contribution in [2.24, 2.45) is 0 Å². The molecule has 2 aromatic rings. The first kappa shape index (κ1) is 14.7. The van der Waals surface area contributed by atoms with Gasteiger partial charge in [0.05, 0.1) is 20.5 Å². The van der Waals surface area contributed by atoms with Crippen molar-refractivity contribution >= 4 is 12.0 Å². The van der Waals surface area contributed by atoms with Crippen LogP contribution in [0.3, 0.4) is 0 Å². The highest BCUT2D eigenvalue weighted by Gasteiger charge is 2.06. The predicted octanol–water partition coefficient (Wildman–Crippen LogP) is 2.63. The van der Waals surface area contributed by atoms with Crippen LogP contribution in [0.2, 0.25) is 0 Å². The van der Waals surface area contributed by atoms with E-state index >= 15 is 0 Å². The third-order valence-corrected chi connectivity index (χ3v) is 2.89. The Balaban J connectivity index is 1.94. The maximum Gasteiger partial charge on any atom is 0.244 e. The quantitative estimate of drug-likeness (QED) is 0.830. The second-order valence-corrected chi connectivity index (χ2v) is 4.24. The summed E-state index contributed by atoms with van der Waals surface area (Å²) >= 11 is 0. The smallest absolute Gasteiger partial charge is 0.244 e. The number of hydrogen-bond donors (Lipinski definition) is 1. The summed E-state index contributed by atoms with van der Waals surface area (Å²) in [6, 6.07) is 8.99. The summed E-state index contributed by atoms with van der Waals surface area (Å²) in [4.78, 5) is 11.7. The fourth-order valence-corrected chi connectivity index (χ4v) is 1.78. The molecule has 0 aliphatic rings. The van der Waals surface area contributed by atoms with Crippen molar-refractivity contribution in [2.75, 3.05) is 14.2 Å². The molecule has 1 aromatic carbocycles. The van der Waals surface area contributed by atoms with Gasteiger partial charge >= 0.3 is 0 Å². The molecule has 0 aliphatic carbocycles. The number of furan rings is 1. The zero-order valence-corrected chi connectivity index (χ0v) is 12.0. The SMILES string of the molecule is COc1ccc(CNC(=O)/C=C/c2ccco2)c(OC)c1. The maximum absolute atomic E-state index is 11.7. The van der Waals surface area contributed by atoms with Crippen LogP contribution in [0.1, 0.15) is 11.3 Å². The molecule has 0 saturated heterocycles. The van der Waals surface area contributed by atoms with Gasteiger partial charge in [0.15, 0.2) is 0 Å². The molecule has 0 bridgehead atoms. The fourth-order valence-electron chi connectivity index (χ4n) is 1.78. The summed E-state index contributed by atoms with van der Waals surface area (Å²) in [5.74, 6) is 1.81. The summed E-state index contributed by atoms with van der Waals surface area (Å²) in [6.45, 7) is 0.370. The molecular formula is C16H17NO4. The molecule has 1 heterocycles. The Hall–Kier alpha value is -2.69. The van der Waals surface area contributed by atoms with Gasteiger partial charge in [-0.2, -0.15) is 0 Å². The highest BCUT2D eigenvalue weighted by atomic mass is 16.5. The summed E-state index contributed by atoms with van der Waals surface area (Å²) in [7, 11) is 3.17. The molecule has 1 N–H and O–H groups in total. The first-order valence-electron chi connectivity index (χ1n) is 6.43. The van der Waals surface area contributed by atoms with Crippen LogP contribution in [-0.2, 0) is 11.3 Å². The van der Waals surface area contributed by atoms with Crippen LogP contribution in [0.5, 0.6) is 11.5 Å². The van der Waals surface area contributed by atoms with Crippen LogP contribution in [-0.4, -0.2) is 20.1 Å². The Bertz CT molecular complexity index is 617. The minimum Gasteiger partial charge on any atom is -0.497 e. The minimum absolute atomic E-state index is 0.204. The van der Waals surface area contributed by atoms with Gasteiger partial charge in [0, 0.05) is 24.3 Å². The zero-order chi connectivity index (χ0) is 15.1. The van der Waals surface area contributed by atoms with Crippen LogP contribution in [0.4, 0.5) is 0 Å². The Labute approximate surface area is 123 Å². The molecule has 1 amide bonds. The number of methoxy groups -OCH3 is 2. The Morgan fingerprint density at radius 2 is 2.14 bits per heavy atom. The van der Waals surface area contributed by atoms with E-state index in [-0.39, 0.29) is 5.91 Å². The molecule has 0 unspecified atom stereocenters. The van der Waals surface area contributed by atoms with E-state index in [1.807, 2.05) is 12.1 Å². The average molecular weight is 287 g/mol. The van der Waals surface area contributed by atoms with Crippen LogP contribution in [0.15, 0.2) is 47.1 Å². The Morgan fingerprint density at radius 1 is 1.29 bits per heavy atom. The molecule has 5 nitrogen and oxygen atoms in total. The van der Waals surface area contributed by atoms with Crippen molar-refractivity contribution in [1.82, 2.24) is 5.32 Å². The van der Waals surface area contributed by atoms with Crippen molar-refractivity contribution in [3.05, 3.63) is 54.0 Å². The molecule has 21 heavy (non-hydrogen) atoms. The van der Waals surface area contributed by atoms with Gasteiger partial charge in [-0.05, 0) is 30.3 Å². The van der Waals surface area contributed by atoms with E-state index < -0.39 is 0 Å². The van der Waals surface area contributed by atoms with Crippen LogP contribution in [0, 0.1) is 0 Å². The fraction of sp³-hybridized carbons (Fsp3) is 0.188. The average Bonchev–Trinajstić information content (AvgIpc) is 3.04. The lowest BCUT2D eigenvalue weighted by molar-refractivity contribution is -0.116. The highest BCUT2D eigenvalue weighted by molar-refractivity contribution is 5.91. The van der Waals surface area contributed by atoms with E-state index in [9.17, 15) is 4.79 Å². The second-order valence-electron chi connectivity index (χ2n) is 4.24. The summed E-state index contributed by atoms with van der Waals surface area (Å²) in [5.41, 5.74) is 0.873. The zero-order valence-electron chi connectivity index (χ0n) is 12.0. The molecule has 5 heteroatoms. The lowest BCUT2D eigenvalue weighted by Crippen LogP contribution is -2.20. The molecule has 110 valence electrons. The van der Waals surface area contributed by atoms with Gasteiger partial charge in [0.2, 0.25) is 5.91 Å². The van der Waals surface area contributed by atoms with Crippen molar-refractivity contribution in [3.8, 4) is 11.5 Å². The highest BCUT2D eigenvalue weighted by Crippen LogP contribution is 2.24. The number of ether oxygens (including phenoxy) is 2. The molecule has 2 rings (SSSR count). The van der Waals surface area contributed by atoms with Crippen molar-refractivity contribution in [2.45, 2.75) is 6.54 Å². The number of hydrogen-bond acceptors (Lipinski definition) is 4. The van der Waals surface area contributed by atoms with Gasteiger partial charge in [0.1, 0.15) is 17.3 Å². The second kappa shape index (κ2) is 7.19. The number of benzene rings is 1. The van der Waals surface area contributed by atoms with Crippen LogP contribution < -0.4 is 14.8 Å². The first-order valence-corrected chi connectivity index (χ1v) is 6.43. The normalized spacial score (nSPS) is 10.6. The summed E-state index contributed by atoms with van der Waals surface area (Å²) in [5, 5.41) is 2.79. The van der Waals surface area contributed by atoms with Crippen molar-refractivity contribution in [1.29, 1.82) is 0 Å². The first-order chi connectivity index (χ1) is 10.2. The van der Waals surface area contributed by atoms with Crippen LogP contribution in [0.25, 0.3) is 6.08 Å². The molecule has 0 spiro atoms. The van der Waals surface area contributed by atoms with Gasteiger partial charge < -0.3 is 19.2 Å². The molecular weight excluding hydrogens is 270 g/mol. The van der Waals surface area contributed by atoms with E-state index in [0.29, 0.717) is 23.8 Å². The maximum atomic E-state index is 11.7. The number of carbonyl (C=O) groups excluding carboxylic acids is 1. The third kappa shape index (κ3) is 4.14. The minimum atomic E-state index is -0.204. The van der Waals surface area contributed by atoms with E-state index in [1.54, 1.807) is 44.8 Å². The summed E-state index contributed by atoms with van der Waals surface area (Å²) < 4.78 is 15.5. The molecule has 0 saturated carbocycles. The van der Waals surface area contributed by atoms with E-state index in [4.69, 9.17) is 13.9 Å². The van der Waals surface area contributed by atoms with Crippen molar-refractivity contribution in [3.63, 3.8) is 0 Å². The lowest BCUT2D eigenvalue weighted by atomic mass is 10.2. The largest absolute Gasteiger partial charge is 0.497 e. The van der Waals surface area contributed by atoms with Gasteiger partial charge in [-0.15, -0.1) is 0 Å².